The summed E-state index contributed by atoms with van der Waals surface area (Å²) in [5, 5.41) is 51.5. The number of rotatable bonds is 31. The predicted molar refractivity (Wildman–Crippen MR) is 276 cm³/mol. The average Bonchev–Trinajstić information content (AvgIpc) is 3.39. The Hall–Kier alpha value is -7.61. The highest BCUT2D eigenvalue weighted by Crippen LogP contribution is 2.37. The molecule has 0 bridgehead atoms. The van der Waals surface area contributed by atoms with E-state index in [0.717, 1.165) is 0 Å². The average molecular weight is 1150 g/mol. The molecule has 0 aromatic heterocycles. The van der Waals surface area contributed by atoms with Gasteiger partial charge in [0.1, 0.15) is 45.7 Å². The summed E-state index contributed by atoms with van der Waals surface area (Å²) < 4.78 is 10.8. The van der Waals surface area contributed by atoms with Gasteiger partial charge in [-0.2, -0.15) is 0 Å². The van der Waals surface area contributed by atoms with E-state index in [1.165, 1.54) is 42.5 Å². The largest absolute Gasteiger partial charge is 0.482 e. The van der Waals surface area contributed by atoms with Gasteiger partial charge in [0.05, 0.1) is 36.1 Å². The van der Waals surface area contributed by atoms with Gasteiger partial charge >= 0.3 is 11.9 Å². The van der Waals surface area contributed by atoms with Gasteiger partial charge in [0.25, 0.3) is 11.8 Å². The molecule has 4 atom stereocenters. The molecule has 0 aliphatic heterocycles. The molecule has 0 heterocycles. The van der Waals surface area contributed by atoms with Crippen LogP contribution in [0.5, 0.6) is 11.5 Å². The van der Waals surface area contributed by atoms with Crippen molar-refractivity contribution in [2.75, 3.05) is 26.4 Å². The number of benzene rings is 3. The number of aliphatic hydroxyl groups is 2. The summed E-state index contributed by atoms with van der Waals surface area (Å²) in [6.07, 6.45) is -1.29. The standard InChI is InChI=1S/C49H53Cl4N7O17/c1-5-22(3)43(69)27-7-9-33(41(52)39(27)50)76-20-35(63)57-29(14-37(65)66)48(74)59-31(18-61)46(72)55-16-24-11-25(13-26(12-24)45(54)71)17-56-47(73)32(19-62)60-49(75)30(15-38(67)68)58-36(64)21-77-34-10-8-28(40(51)42(34)53)44(70)23(4)6-2/h7-13,29-32,61-62H,3-6,14-21H2,1-2H3,(H2,54,71)(H,55,72)(H,56,73)(H,57,63)(H,58,64)(H,59,74)(H,60,75)(H,65,66)(H,67,68)/t29-,30-,31-,32-/m0/s1. The number of carboxylic acid groups (broad SMARTS) is 2. The number of ketones is 2. The van der Waals surface area contributed by atoms with Crippen LogP contribution in [0.25, 0.3) is 0 Å². The number of carbonyl (C=O) groups is 11. The van der Waals surface area contributed by atoms with E-state index < -0.39 is 141 Å². The van der Waals surface area contributed by atoms with Crippen molar-refractivity contribution in [3.05, 3.63) is 115 Å². The Labute approximate surface area is 459 Å². The van der Waals surface area contributed by atoms with Gasteiger partial charge in [0.15, 0.2) is 24.8 Å². The quantitative estimate of drug-likeness (QED) is 0.0324. The SMILES string of the molecule is C=C(CC)C(=O)c1ccc(OCC(=O)N[C@@H](CC(=O)O)C(=O)N[C@@H](CO)C(=O)NCc2cc(CNC(=O)[C@H](CO)NC(=O)[C@H](CC(=O)O)NC(=O)COc3ccc(C(=O)C(=C)CC)c(Cl)c3Cl)cc(C(N)=O)c2)c(Cl)c1Cl. The maximum absolute atomic E-state index is 13.2. The summed E-state index contributed by atoms with van der Waals surface area (Å²) >= 11 is 25.0. The monoisotopic (exact) mass is 1150 g/mol. The predicted octanol–water partition coefficient (Wildman–Crippen LogP) is 1.96. The van der Waals surface area contributed by atoms with E-state index in [9.17, 15) is 73.2 Å². The van der Waals surface area contributed by atoms with Crippen molar-refractivity contribution in [2.45, 2.75) is 76.8 Å². The van der Waals surface area contributed by atoms with Crippen LogP contribution in [0.3, 0.4) is 0 Å². The zero-order valence-corrected chi connectivity index (χ0v) is 44.0. The van der Waals surface area contributed by atoms with E-state index >= 15 is 0 Å². The van der Waals surface area contributed by atoms with Crippen molar-refractivity contribution in [3.63, 3.8) is 0 Å². The number of allylic oxidation sites excluding steroid dienone is 2. The summed E-state index contributed by atoms with van der Waals surface area (Å²) in [7, 11) is 0. The molecule has 0 aliphatic rings. The first-order chi connectivity index (χ1) is 36.3. The molecule has 0 spiro atoms. The Balaban J connectivity index is 1.63. The molecule has 414 valence electrons. The van der Waals surface area contributed by atoms with Crippen molar-refractivity contribution in [3.8, 4) is 11.5 Å². The lowest BCUT2D eigenvalue weighted by Gasteiger charge is -2.22. The molecule has 28 heteroatoms. The number of ether oxygens (including phenoxy) is 2. The first-order valence-corrected chi connectivity index (χ1v) is 24.3. The zero-order chi connectivity index (χ0) is 57.8. The van der Waals surface area contributed by atoms with Crippen LogP contribution < -0.4 is 47.1 Å². The van der Waals surface area contributed by atoms with Crippen molar-refractivity contribution < 1.29 is 82.6 Å². The molecule has 0 fully saturated rings. The molecule has 12 N–H and O–H groups in total. The molecule has 0 radical (unpaired) electrons. The van der Waals surface area contributed by atoms with Gasteiger partial charge < -0.3 is 67.5 Å². The number of amides is 7. The van der Waals surface area contributed by atoms with Crippen LogP contribution in [0.2, 0.25) is 20.1 Å². The number of carbonyl (C=O) groups excluding carboxylic acids is 9. The first kappa shape index (κ1) is 63.7. The van der Waals surface area contributed by atoms with Crippen molar-refractivity contribution in [2.24, 2.45) is 5.73 Å². The van der Waals surface area contributed by atoms with Gasteiger partial charge in [-0.3, -0.25) is 52.7 Å². The number of aliphatic hydroxyl groups excluding tert-OH is 2. The fourth-order valence-corrected chi connectivity index (χ4v) is 7.45. The van der Waals surface area contributed by atoms with E-state index in [1.807, 2.05) is 0 Å². The van der Waals surface area contributed by atoms with Crippen LogP contribution in [0.4, 0.5) is 0 Å². The molecule has 7 amide bonds. The Kier molecular flexibility index (Phi) is 25.0. The van der Waals surface area contributed by atoms with Crippen LogP contribution in [0.15, 0.2) is 66.8 Å². The maximum atomic E-state index is 13.2. The van der Waals surface area contributed by atoms with Crippen LogP contribution in [-0.2, 0) is 51.4 Å². The Morgan fingerprint density at radius 2 is 0.909 bits per heavy atom. The molecule has 3 rings (SSSR count). The summed E-state index contributed by atoms with van der Waals surface area (Å²) in [4.78, 5) is 139. The van der Waals surface area contributed by atoms with Crippen LogP contribution in [0.1, 0.15) is 81.7 Å². The van der Waals surface area contributed by atoms with Crippen LogP contribution in [-0.4, -0.2) is 136 Å². The van der Waals surface area contributed by atoms with E-state index in [-0.39, 0.29) is 70.6 Å². The molecule has 0 saturated heterocycles. The third kappa shape index (κ3) is 18.9. The van der Waals surface area contributed by atoms with Gasteiger partial charge in [0.2, 0.25) is 29.5 Å². The number of hydrogen-bond donors (Lipinski definition) is 11. The van der Waals surface area contributed by atoms with Crippen LogP contribution >= 0.6 is 46.4 Å². The van der Waals surface area contributed by atoms with Gasteiger partial charge in [-0.05, 0) is 71.5 Å². The second-order valence-electron chi connectivity index (χ2n) is 16.4. The summed E-state index contributed by atoms with van der Waals surface area (Å²) in [5.41, 5.74) is 6.30. The highest BCUT2D eigenvalue weighted by Gasteiger charge is 2.31. The third-order valence-electron chi connectivity index (χ3n) is 10.8. The molecule has 0 aliphatic carbocycles. The Morgan fingerprint density at radius 3 is 1.22 bits per heavy atom. The second kappa shape index (κ2) is 30.2. The number of nitrogens with two attached hydrogens (primary N) is 1. The third-order valence-corrected chi connectivity index (χ3v) is 12.5. The minimum atomic E-state index is -1.81. The number of hydrogen-bond acceptors (Lipinski definition) is 15. The smallest absolute Gasteiger partial charge is 0.305 e. The van der Waals surface area contributed by atoms with E-state index in [4.69, 9.17) is 61.6 Å². The minimum Gasteiger partial charge on any atom is -0.482 e. The van der Waals surface area contributed by atoms with E-state index in [0.29, 0.717) is 12.8 Å². The number of halogens is 4. The normalized spacial score (nSPS) is 12.3. The molecular weight excluding hydrogens is 1100 g/mol. The molecule has 0 unspecified atom stereocenters. The topological polar surface area (TPSA) is 385 Å². The highest BCUT2D eigenvalue weighted by molar-refractivity contribution is 6.46. The van der Waals surface area contributed by atoms with Gasteiger partial charge in [-0.25, -0.2) is 0 Å². The Morgan fingerprint density at radius 1 is 0.545 bits per heavy atom. The summed E-state index contributed by atoms with van der Waals surface area (Å²) in [6.45, 7) is 6.24. The lowest BCUT2D eigenvalue weighted by Crippen LogP contribution is -2.55. The number of carboxylic acids is 2. The van der Waals surface area contributed by atoms with Crippen molar-refractivity contribution in [1.29, 1.82) is 0 Å². The number of Topliss-reactive ketones (excluding diaryl/α,β-unsaturated/α-hetero) is 2. The molecule has 3 aromatic carbocycles. The molecule has 3 aromatic rings. The van der Waals surface area contributed by atoms with Gasteiger partial charge in [0, 0.05) is 29.8 Å². The Bertz CT molecular complexity index is 2670. The maximum Gasteiger partial charge on any atom is 0.305 e. The minimum absolute atomic E-state index is 0.0322. The summed E-state index contributed by atoms with van der Waals surface area (Å²) in [6, 6.07) is 1.93. The molecular formula is C49H53Cl4N7O17. The fourth-order valence-electron chi connectivity index (χ4n) is 6.53. The second-order valence-corrected chi connectivity index (χ2v) is 17.9. The highest BCUT2D eigenvalue weighted by atomic mass is 35.5. The lowest BCUT2D eigenvalue weighted by atomic mass is 10.0. The van der Waals surface area contributed by atoms with Gasteiger partial charge in [-0.1, -0.05) is 79.5 Å². The molecule has 0 saturated carbocycles. The number of aliphatic carboxylic acids is 2. The zero-order valence-electron chi connectivity index (χ0n) is 41.0. The van der Waals surface area contributed by atoms with Crippen molar-refractivity contribution >= 4 is 111 Å². The number of primary amides is 1. The van der Waals surface area contributed by atoms with E-state index in [1.54, 1.807) is 13.8 Å². The van der Waals surface area contributed by atoms with Gasteiger partial charge in [-0.15, -0.1) is 0 Å². The van der Waals surface area contributed by atoms with Crippen LogP contribution in [0, 0.1) is 0 Å². The lowest BCUT2D eigenvalue weighted by molar-refractivity contribution is -0.142. The first-order valence-electron chi connectivity index (χ1n) is 22.8. The molecule has 77 heavy (non-hydrogen) atoms. The molecule has 24 nitrogen and oxygen atoms in total. The summed E-state index contributed by atoms with van der Waals surface area (Å²) in [5.74, 6) is -11.8. The van der Waals surface area contributed by atoms with E-state index in [2.05, 4.69) is 45.1 Å². The van der Waals surface area contributed by atoms with Crippen molar-refractivity contribution in [1.82, 2.24) is 31.9 Å². The fraction of sp³-hybridized carbons (Fsp3) is 0.327. The number of nitrogens with one attached hydrogen (secondary N) is 6.